The molecule has 292 valence electrons. The van der Waals surface area contributed by atoms with E-state index in [1.54, 1.807) is 0 Å². The zero-order chi connectivity index (χ0) is 39.0. The normalized spacial score (nSPS) is 25.3. The maximum absolute atomic E-state index is 13.7. The highest BCUT2D eigenvalue weighted by Crippen LogP contribution is 2.62. The van der Waals surface area contributed by atoms with Crippen molar-refractivity contribution in [2.75, 3.05) is 22.9 Å². The van der Waals surface area contributed by atoms with E-state index in [1.165, 1.54) is 83.0 Å². The summed E-state index contributed by atoms with van der Waals surface area (Å²) in [5.74, 6) is 2.86. The van der Waals surface area contributed by atoms with E-state index >= 15 is 0 Å². The topological polar surface area (TPSA) is 40.6 Å². The highest BCUT2D eigenvalue weighted by atomic mass is 16.2. The van der Waals surface area contributed by atoms with Gasteiger partial charge in [0.2, 0.25) is 11.8 Å². The van der Waals surface area contributed by atoms with Crippen LogP contribution in [0.4, 0.5) is 11.4 Å². The monoisotopic (exact) mass is 746 g/mol. The molecule has 4 heteroatoms. The first-order chi connectivity index (χ1) is 26.8. The van der Waals surface area contributed by atoms with Crippen molar-refractivity contribution in [3.05, 3.63) is 95.6 Å². The maximum atomic E-state index is 13.7. The number of benzene rings is 4. The molecule has 0 unspecified atom stereocenters. The molecule has 4 nitrogen and oxygen atoms in total. The Bertz CT molecular complexity index is 2020. The standard InChI is InChI=1S/C52H62N2O2/c1-50(2,3)45-17-9-7-15-41(45)43-28-38(52-31-34-23-35(32-52)25-36(24-34)33-52)29-44(42-16-8-10-18-46(42)51(4,5)6)49(43)37-26-39(53-21-13-11-19-47(53)55)30-40(27-37)54-22-14-12-20-48(54)56/h7-10,15-18,26-30,34-36H,11-14,19-25,31-33H2,1-6H3. The van der Waals surface area contributed by atoms with Crippen LogP contribution in [0.15, 0.2) is 78.9 Å². The number of amides is 2. The number of hydrogen-bond acceptors (Lipinski definition) is 2. The highest BCUT2D eigenvalue weighted by Gasteiger charge is 2.52. The van der Waals surface area contributed by atoms with Gasteiger partial charge in [-0.1, -0.05) is 90.1 Å². The van der Waals surface area contributed by atoms with Crippen LogP contribution in [0.5, 0.6) is 0 Å². The summed E-state index contributed by atoms with van der Waals surface area (Å²) in [7, 11) is 0. The van der Waals surface area contributed by atoms with E-state index in [4.69, 9.17) is 0 Å². The van der Waals surface area contributed by atoms with Gasteiger partial charge in [-0.2, -0.15) is 0 Å². The minimum absolute atomic E-state index is 0.0819. The van der Waals surface area contributed by atoms with Gasteiger partial charge in [-0.3, -0.25) is 9.59 Å². The fourth-order valence-electron chi connectivity index (χ4n) is 12.1. The van der Waals surface area contributed by atoms with E-state index in [2.05, 4.69) is 120 Å². The van der Waals surface area contributed by atoms with E-state index in [0.717, 1.165) is 60.4 Å². The number of hydrogen-bond donors (Lipinski definition) is 0. The molecule has 4 aromatic rings. The van der Waals surface area contributed by atoms with E-state index in [9.17, 15) is 9.59 Å². The summed E-state index contributed by atoms with van der Waals surface area (Å²) in [6.45, 7) is 15.5. The van der Waals surface area contributed by atoms with Crippen molar-refractivity contribution in [2.24, 2.45) is 17.8 Å². The van der Waals surface area contributed by atoms with E-state index in [0.29, 0.717) is 25.9 Å². The van der Waals surface area contributed by atoms with Crippen molar-refractivity contribution in [1.29, 1.82) is 0 Å². The van der Waals surface area contributed by atoms with Gasteiger partial charge in [-0.25, -0.2) is 0 Å². The summed E-state index contributed by atoms with van der Waals surface area (Å²) in [4.78, 5) is 31.4. The van der Waals surface area contributed by atoms with Crippen molar-refractivity contribution < 1.29 is 9.59 Å². The van der Waals surface area contributed by atoms with Gasteiger partial charge in [-0.05, 0) is 179 Å². The molecule has 2 aliphatic heterocycles. The summed E-state index contributed by atoms with van der Waals surface area (Å²) in [6.07, 6.45) is 13.1. The molecule has 2 saturated heterocycles. The lowest BCUT2D eigenvalue weighted by Crippen LogP contribution is -2.48. The van der Waals surface area contributed by atoms with Crippen LogP contribution in [0.2, 0.25) is 0 Å². The number of nitrogens with zero attached hydrogens (tertiary/aromatic N) is 2. The Morgan fingerprint density at radius 1 is 0.536 bits per heavy atom. The predicted molar refractivity (Wildman–Crippen MR) is 232 cm³/mol. The number of carbonyl (C=O) groups excluding carboxylic acids is 2. The molecule has 4 aromatic carbocycles. The average Bonchev–Trinajstić information content (AvgIpc) is 3.16. The molecular formula is C52H62N2O2. The van der Waals surface area contributed by atoms with E-state index < -0.39 is 0 Å². The smallest absolute Gasteiger partial charge is 0.226 e. The second kappa shape index (κ2) is 14.0. The molecule has 56 heavy (non-hydrogen) atoms. The van der Waals surface area contributed by atoms with Gasteiger partial charge in [0.25, 0.3) is 0 Å². The second-order valence-electron chi connectivity index (χ2n) is 20.5. The molecule has 6 aliphatic rings. The van der Waals surface area contributed by atoms with Gasteiger partial charge >= 0.3 is 0 Å². The number of anilines is 2. The lowest BCUT2D eigenvalue weighted by Gasteiger charge is -2.57. The fourth-order valence-corrected chi connectivity index (χ4v) is 12.1. The van der Waals surface area contributed by atoms with Crippen molar-refractivity contribution in [3.63, 3.8) is 0 Å². The van der Waals surface area contributed by atoms with Crippen LogP contribution in [-0.4, -0.2) is 24.9 Å². The molecule has 0 N–H and O–H groups in total. The molecule has 0 spiro atoms. The molecule has 2 heterocycles. The van der Waals surface area contributed by atoms with Crippen LogP contribution in [-0.2, 0) is 25.8 Å². The largest absolute Gasteiger partial charge is 0.312 e. The van der Waals surface area contributed by atoms with Crippen LogP contribution in [0.3, 0.4) is 0 Å². The predicted octanol–water partition coefficient (Wildman–Crippen LogP) is 12.8. The Hall–Kier alpha value is -4.18. The van der Waals surface area contributed by atoms with Crippen LogP contribution >= 0.6 is 0 Å². The van der Waals surface area contributed by atoms with Crippen molar-refractivity contribution in [3.8, 4) is 33.4 Å². The maximum Gasteiger partial charge on any atom is 0.226 e. The number of carbonyl (C=O) groups is 2. The quantitative estimate of drug-likeness (QED) is 0.197. The van der Waals surface area contributed by atoms with Gasteiger partial charge < -0.3 is 9.80 Å². The molecule has 0 atom stereocenters. The van der Waals surface area contributed by atoms with Crippen molar-refractivity contribution in [1.82, 2.24) is 0 Å². The Balaban J connectivity index is 1.39. The van der Waals surface area contributed by atoms with E-state index in [-0.39, 0.29) is 28.1 Å². The average molecular weight is 747 g/mol. The third kappa shape index (κ3) is 6.73. The molecule has 6 fully saturated rings. The van der Waals surface area contributed by atoms with Crippen LogP contribution < -0.4 is 9.80 Å². The minimum Gasteiger partial charge on any atom is -0.312 e. The SMILES string of the molecule is CC(C)(C)c1ccccc1-c1cc(C23CC4CC(CC(C4)C2)C3)cc(-c2ccccc2C(C)(C)C)c1-c1cc(N2CCCCC2=O)cc(N2CCCCC2=O)c1. The fraction of sp³-hybridized carbons (Fsp3) is 0.500. The van der Waals surface area contributed by atoms with Crippen molar-refractivity contribution in [2.45, 2.75) is 135 Å². The second-order valence-corrected chi connectivity index (χ2v) is 20.5. The Morgan fingerprint density at radius 3 is 1.38 bits per heavy atom. The Labute approximate surface area is 336 Å². The summed E-state index contributed by atoms with van der Waals surface area (Å²) >= 11 is 0. The molecule has 4 aliphatic carbocycles. The third-order valence-electron chi connectivity index (χ3n) is 14.3. The molecule has 0 radical (unpaired) electrons. The molecule has 0 aromatic heterocycles. The Morgan fingerprint density at radius 2 is 0.964 bits per heavy atom. The summed E-state index contributed by atoms with van der Waals surface area (Å²) in [5.41, 5.74) is 13.5. The van der Waals surface area contributed by atoms with E-state index in [1.807, 2.05) is 9.80 Å². The first kappa shape index (κ1) is 37.4. The molecule has 2 amide bonds. The zero-order valence-corrected chi connectivity index (χ0v) is 34.8. The molecule has 4 bridgehead atoms. The zero-order valence-electron chi connectivity index (χ0n) is 34.8. The number of piperidine rings is 2. The summed E-state index contributed by atoms with van der Waals surface area (Å²) in [6, 6.07) is 30.2. The van der Waals surface area contributed by atoms with Crippen LogP contribution in [0, 0.1) is 17.8 Å². The summed E-state index contributed by atoms with van der Waals surface area (Å²) in [5, 5.41) is 0. The van der Waals surface area contributed by atoms with Gasteiger partial charge in [0.15, 0.2) is 0 Å². The van der Waals surface area contributed by atoms with Gasteiger partial charge in [-0.15, -0.1) is 0 Å². The van der Waals surface area contributed by atoms with Gasteiger partial charge in [0.1, 0.15) is 0 Å². The van der Waals surface area contributed by atoms with Gasteiger partial charge in [0.05, 0.1) is 0 Å². The first-order valence-corrected chi connectivity index (χ1v) is 21.9. The van der Waals surface area contributed by atoms with Crippen LogP contribution in [0.25, 0.3) is 33.4 Å². The Kier molecular flexibility index (Phi) is 9.37. The molecule has 10 rings (SSSR count). The highest BCUT2D eigenvalue weighted by molar-refractivity contribution is 6.02. The molecule has 4 saturated carbocycles. The lowest BCUT2D eigenvalue weighted by molar-refractivity contribution is -0.120. The lowest BCUT2D eigenvalue weighted by atomic mass is 9.48. The van der Waals surface area contributed by atoms with Crippen LogP contribution in [0.1, 0.15) is 135 Å². The third-order valence-corrected chi connectivity index (χ3v) is 14.3. The number of rotatable bonds is 6. The van der Waals surface area contributed by atoms with Crippen molar-refractivity contribution >= 4 is 23.2 Å². The first-order valence-electron chi connectivity index (χ1n) is 21.9. The van der Waals surface area contributed by atoms with Gasteiger partial charge in [0, 0.05) is 37.3 Å². The molecular weight excluding hydrogens is 685 g/mol. The minimum atomic E-state index is -0.0819. The summed E-state index contributed by atoms with van der Waals surface area (Å²) < 4.78 is 0.